The Bertz CT molecular complexity index is 738. The molecule has 3 rings (SSSR count). The summed E-state index contributed by atoms with van der Waals surface area (Å²) in [5.41, 5.74) is 3.44. The van der Waals surface area contributed by atoms with Gasteiger partial charge in [0.15, 0.2) is 0 Å². The standard InChI is InChI=1S/C18H18N2S/c1-13(14-5-8-17(21-2)9-6-14)20-16-7-10-18-15(12-16)4-3-11-19-18/h3-13,20H,1-2H3. The van der Waals surface area contributed by atoms with Crippen molar-refractivity contribution in [2.75, 3.05) is 11.6 Å². The van der Waals surface area contributed by atoms with Crippen LogP contribution in [0, 0.1) is 0 Å². The number of rotatable bonds is 4. The predicted octanol–water partition coefficient (Wildman–Crippen LogP) is 5.13. The SMILES string of the molecule is CSc1ccc(C(C)Nc2ccc3ncccc3c2)cc1. The van der Waals surface area contributed by atoms with Crippen molar-refractivity contribution in [2.24, 2.45) is 0 Å². The van der Waals surface area contributed by atoms with Gasteiger partial charge in [0.05, 0.1) is 5.52 Å². The molecule has 0 aliphatic rings. The van der Waals surface area contributed by atoms with E-state index in [1.165, 1.54) is 10.5 Å². The lowest BCUT2D eigenvalue weighted by molar-refractivity contribution is 0.883. The first-order valence-electron chi connectivity index (χ1n) is 7.01. The molecule has 1 N–H and O–H groups in total. The molecule has 3 aromatic rings. The van der Waals surface area contributed by atoms with Gasteiger partial charge in [-0.15, -0.1) is 11.8 Å². The van der Waals surface area contributed by atoms with Crippen LogP contribution in [0.5, 0.6) is 0 Å². The highest BCUT2D eigenvalue weighted by Crippen LogP contribution is 2.24. The van der Waals surface area contributed by atoms with Crippen LogP contribution in [0.3, 0.4) is 0 Å². The summed E-state index contributed by atoms with van der Waals surface area (Å²) in [4.78, 5) is 5.64. The van der Waals surface area contributed by atoms with E-state index in [0.717, 1.165) is 16.6 Å². The molecule has 0 bridgehead atoms. The Kier molecular flexibility index (Phi) is 4.11. The normalized spacial score (nSPS) is 12.3. The summed E-state index contributed by atoms with van der Waals surface area (Å²) in [7, 11) is 0. The van der Waals surface area contributed by atoms with Crippen molar-refractivity contribution >= 4 is 28.4 Å². The zero-order chi connectivity index (χ0) is 14.7. The molecule has 1 heterocycles. The summed E-state index contributed by atoms with van der Waals surface area (Å²) in [5, 5.41) is 4.71. The number of hydrogen-bond donors (Lipinski definition) is 1. The van der Waals surface area contributed by atoms with E-state index in [1.807, 2.05) is 12.3 Å². The van der Waals surface area contributed by atoms with Gasteiger partial charge >= 0.3 is 0 Å². The molecule has 1 unspecified atom stereocenters. The Hall–Kier alpha value is -2.00. The van der Waals surface area contributed by atoms with Gasteiger partial charge in [-0.2, -0.15) is 0 Å². The number of thioether (sulfide) groups is 1. The lowest BCUT2D eigenvalue weighted by atomic mass is 10.1. The number of hydrogen-bond acceptors (Lipinski definition) is 3. The van der Waals surface area contributed by atoms with Crippen LogP contribution in [0.25, 0.3) is 10.9 Å². The molecule has 0 saturated heterocycles. The third-order valence-corrected chi connectivity index (χ3v) is 4.35. The maximum Gasteiger partial charge on any atom is 0.0703 e. The number of nitrogens with one attached hydrogen (secondary N) is 1. The Morgan fingerprint density at radius 1 is 1.05 bits per heavy atom. The molecule has 21 heavy (non-hydrogen) atoms. The maximum atomic E-state index is 4.35. The van der Waals surface area contributed by atoms with E-state index in [-0.39, 0.29) is 6.04 Å². The van der Waals surface area contributed by atoms with Crippen LogP contribution in [-0.4, -0.2) is 11.2 Å². The molecule has 0 aliphatic carbocycles. The molecule has 1 atom stereocenters. The van der Waals surface area contributed by atoms with Crippen molar-refractivity contribution in [3.63, 3.8) is 0 Å². The smallest absolute Gasteiger partial charge is 0.0703 e. The van der Waals surface area contributed by atoms with Crippen LogP contribution in [0.2, 0.25) is 0 Å². The minimum atomic E-state index is 0.273. The summed E-state index contributed by atoms with van der Waals surface area (Å²) >= 11 is 1.77. The fourth-order valence-electron chi connectivity index (χ4n) is 2.39. The second kappa shape index (κ2) is 6.19. The Labute approximate surface area is 129 Å². The van der Waals surface area contributed by atoms with Crippen LogP contribution >= 0.6 is 11.8 Å². The number of fused-ring (bicyclic) bond motifs is 1. The summed E-state index contributed by atoms with van der Waals surface area (Å²) < 4.78 is 0. The van der Waals surface area contributed by atoms with E-state index in [4.69, 9.17) is 0 Å². The van der Waals surface area contributed by atoms with Crippen LogP contribution in [0.15, 0.2) is 65.7 Å². The molecule has 2 aromatic carbocycles. The molecule has 2 nitrogen and oxygen atoms in total. The molecule has 0 spiro atoms. The summed E-state index contributed by atoms with van der Waals surface area (Å²) in [6.45, 7) is 2.18. The monoisotopic (exact) mass is 294 g/mol. The lowest BCUT2D eigenvalue weighted by Gasteiger charge is -2.16. The summed E-state index contributed by atoms with van der Waals surface area (Å²) in [5.74, 6) is 0. The minimum Gasteiger partial charge on any atom is -0.379 e. The maximum absolute atomic E-state index is 4.35. The van der Waals surface area contributed by atoms with Gasteiger partial charge in [0.2, 0.25) is 0 Å². The van der Waals surface area contributed by atoms with Gasteiger partial charge in [-0.1, -0.05) is 18.2 Å². The quantitative estimate of drug-likeness (QED) is 0.675. The first-order chi connectivity index (χ1) is 10.3. The molecule has 3 heteroatoms. The lowest BCUT2D eigenvalue weighted by Crippen LogP contribution is -2.06. The summed E-state index contributed by atoms with van der Waals surface area (Å²) in [6, 6.07) is 19.3. The zero-order valence-corrected chi connectivity index (χ0v) is 13.0. The number of nitrogens with zero attached hydrogens (tertiary/aromatic N) is 1. The topological polar surface area (TPSA) is 24.9 Å². The Morgan fingerprint density at radius 2 is 1.86 bits per heavy atom. The Morgan fingerprint density at radius 3 is 2.62 bits per heavy atom. The van der Waals surface area contributed by atoms with E-state index >= 15 is 0 Å². The van der Waals surface area contributed by atoms with E-state index in [0.29, 0.717) is 0 Å². The molecule has 106 valence electrons. The molecule has 0 fully saturated rings. The average Bonchev–Trinajstić information content (AvgIpc) is 2.55. The van der Waals surface area contributed by atoms with Gasteiger partial charge < -0.3 is 5.32 Å². The van der Waals surface area contributed by atoms with Gasteiger partial charge in [-0.05, 0) is 55.1 Å². The van der Waals surface area contributed by atoms with Crippen molar-refractivity contribution in [2.45, 2.75) is 17.9 Å². The van der Waals surface area contributed by atoms with E-state index < -0.39 is 0 Å². The predicted molar refractivity (Wildman–Crippen MR) is 92.0 cm³/mol. The first-order valence-corrected chi connectivity index (χ1v) is 8.24. The van der Waals surface area contributed by atoms with Crippen molar-refractivity contribution in [1.82, 2.24) is 4.98 Å². The molecule has 0 radical (unpaired) electrons. The number of aromatic nitrogens is 1. The van der Waals surface area contributed by atoms with E-state index in [2.05, 4.69) is 72.0 Å². The van der Waals surface area contributed by atoms with Crippen LogP contribution in [-0.2, 0) is 0 Å². The minimum absolute atomic E-state index is 0.273. The second-order valence-electron chi connectivity index (χ2n) is 5.05. The fraction of sp³-hybridized carbons (Fsp3) is 0.167. The highest BCUT2D eigenvalue weighted by atomic mass is 32.2. The zero-order valence-electron chi connectivity index (χ0n) is 12.2. The Balaban J connectivity index is 1.79. The van der Waals surface area contributed by atoms with Gasteiger partial charge in [0, 0.05) is 28.2 Å². The van der Waals surface area contributed by atoms with Crippen molar-refractivity contribution in [1.29, 1.82) is 0 Å². The number of benzene rings is 2. The van der Waals surface area contributed by atoms with Gasteiger partial charge in [-0.25, -0.2) is 0 Å². The van der Waals surface area contributed by atoms with Crippen LogP contribution in [0.1, 0.15) is 18.5 Å². The highest BCUT2D eigenvalue weighted by Gasteiger charge is 2.06. The van der Waals surface area contributed by atoms with Gasteiger partial charge in [-0.3, -0.25) is 4.98 Å². The molecule has 0 aliphatic heterocycles. The highest BCUT2D eigenvalue weighted by molar-refractivity contribution is 7.98. The van der Waals surface area contributed by atoms with Crippen LogP contribution in [0.4, 0.5) is 5.69 Å². The van der Waals surface area contributed by atoms with Gasteiger partial charge in [0.1, 0.15) is 0 Å². The second-order valence-corrected chi connectivity index (χ2v) is 5.93. The molecule has 1 aromatic heterocycles. The average molecular weight is 294 g/mol. The first kappa shape index (κ1) is 14.0. The molecule has 0 saturated carbocycles. The summed E-state index contributed by atoms with van der Waals surface area (Å²) in [6.07, 6.45) is 3.92. The largest absolute Gasteiger partial charge is 0.379 e. The van der Waals surface area contributed by atoms with Crippen LogP contribution < -0.4 is 5.32 Å². The van der Waals surface area contributed by atoms with E-state index in [1.54, 1.807) is 11.8 Å². The molecular formula is C18H18N2S. The van der Waals surface area contributed by atoms with Crippen molar-refractivity contribution in [3.05, 3.63) is 66.4 Å². The third-order valence-electron chi connectivity index (χ3n) is 3.60. The van der Waals surface area contributed by atoms with Gasteiger partial charge in [0.25, 0.3) is 0 Å². The molecular weight excluding hydrogens is 276 g/mol. The third kappa shape index (κ3) is 3.19. The number of anilines is 1. The fourth-order valence-corrected chi connectivity index (χ4v) is 2.80. The number of pyridine rings is 1. The van der Waals surface area contributed by atoms with E-state index in [9.17, 15) is 0 Å². The molecule has 0 amide bonds. The van der Waals surface area contributed by atoms with Crippen molar-refractivity contribution < 1.29 is 0 Å². The van der Waals surface area contributed by atoms with Crippen molar-refractivity contribution in [3.8, 4) is 0 Å².